The van der Waals surface area contributed by atoms with Crippen LogP contribution in [0, 0.1) is 11.3 Å². The van der Waals surface area contributed by atoms with Crippen molar-refractivity contribution in [2.24, 2.45) is 0 Å². The first-order chi connectivity index (χ1) is 9.19. The normalized spacial score (nSPS) is 9.68. The Kier molecular flexibility index (Phi) is 3.89. The molecule has 1 heterocycles. The highest BCUT2D eigenvalue weighted by Gasteiger charge is 2.02. The molecular weight excluding hydrogens is 240 g/mol. The minimum Gasteiger partial charge on any atom is -0.489 e. The molecule has 4 nitrogen and oxygen atoms in total. The molecule has 2 rings (SSSR count). The topological polar surface area (TPSA) is 63.0 Å². The number of Topliss-reactive ketones (excluding diaryl/α,β-unsaturated/α-hetero) is 1. The van der Waals surface area contributed by atoms with Gasteiger partial charge in [0.25, 0.3) is 0 Å². The van der Waals surface area contributed by atoms with E-state index in [0.29, 0.717) is 23.6 Å². The van der Waals surface area contributed by atoms with Gasteiger partial charge in [-0.1, -0.05) is 12.1 Å². The lowest BCUT2D eigenvalue weighted by Crippen LogP contribution is -1.98. The Morgan fingerprint density at radius 1 is 1.37 bits per heavy atom. The number of ketones is 1. The number of aromatic nitrogens is 1. The number of nitrogens with zero attached hydrogens (tertiary/aromatic N) is 2. The summed E-state index contributed by atoms with van der Waals surface area (Å²) in [6.07, 6.45) is 1.57. The number of benzene rings is 1. The van der Waals surface area contributed by atoms with Crippen LogP contribution in [0.1, 0.15) is 28.5 Å². The van der Waals surface area contributed by atoms with Crippen molar-refractivity contribution in [3.05, 3.63) is 59.4 Å². The molecule has 0 bridgehead atoms. The number of carbonyl (C=O) groups excluding carboxylic acids is 1. The molecule has 0 N–H and O–H groups in total. The molecule has 2 aromatic rings. The maximum absolute atomic E-state index is 11.3. The lowest BCUT2D eigenvalue weighted by atomic mass is 10.1. The summed E-state index contributed by atoms with van der Waals surface area (Å²) in [5.74, 6) is 0.629. The zero-order chi connectivity index (χ0) is 13.7. The van der Waals surface area contributed by atoms with Gasteiger partial charge in [-0.25, -0.2) is 4.98 Å². The Bertz CT molecular complexity index is 645. The second-order valence-corrected chi connectivity index (χ2v) is 4.03. The Morgan fingerprint density at radius 3 is 2.95 bits per heavy atom. The van der Waals surface area contributed by atoms with Crippen LogP contribution in [0.3, 0.4) is 0 Å². The van der Waals surface area contributed by atoms with E-state index in [4.69, 9.17) is 10.00 Å². The van der Waals surface area contributed by atoms with Crippen LogP contribution >= 0.6 is 0 Å². The minimum absolute atomic E-state index is 0.00104. The molecule has 0 aliphatic heterocycles. The van der Waals surface area contributed by atoms with Crippen LogP contribution in [0.15, 0.2) is 42.6 Å². The van der Waals surface area contributed by atoms with Crippen molar-refractivity contribution in [1.29, 1.82) is 5.26 Å². The van der Waals surface area contributed by atoms with Crippen molar-refractivity contribution >= 4 is 5.78 Å². The summed E-state index contributed by atoms with van der Waals surface area (Å²) in [5.41, 5.74) is 1.84. The van der Waals surface area contributed by atoms with Gasteiger partial charge < -0.3 is 4.74 Å². The SMILES string of the molecule is CC(=O)c1cccc(OCc2ccnc(C#N)c2)c1. The highest BCUT2D eigenvalue weighted by Crippen LogP contribution is 2.15. The third-order valence-electron chi connectivity index (χ3n) is 2.58. The van der Waals surface area contributed by atoms with Gasteiger partial charge in [0.05, 0.1) is 0 Å². The van der Waals surface area contributed by atoms with Crippen molar-refractivity contribution in [2.75, 3.05) is 0 Å². The van der Waals surface area contributed by atoms with Crippen molar-refractivity contribution in [3.8, 4) is 11.8 Å². The fraction of sp³-hybridized carbons (Fsp3) is 0.133. The fourth-order valence-corrected chi connectivity index (χ4v) is 1.60. The van der Waals surface area contributed by atoms with Crippen LogP contribution in [-0.4, -0.2) is 10.8 Å². The van der Waals surface area contributed by atoms with Gasteiger partial charge in [0, 0.05) is 11.8 Å². The van der Waals surface area contributed by atoms with Crippen LogP contribution in [0.5, 0.6) is 5.75 Å². The standard InChI is InChI=1S/C15H12N2O2/c1-11(18)13-3-2-4-15(8-13)19-10-12-5-6-17-14(7-12)9-16/h2-8H,10H2,1H3. The minimum atomic E-state index is 0.00104. The molecular formula is C15H12N2O2. The lowest BCUT2D eigenvalue weighted by molar-refractivity contribution is 0.101. The number of pyridine rings is 1. The maximum Gasteiger partial charge on any atom is 0.159 e. The first-order valence-electron chi connectivity index (χ1n) is 5.78. The molecule has 0 amide bonds. The Balaban J connectivity index is 2.08. The largest absolute Gasteiger partial charge is 0.489 e. The van der Waals surface area contributed by atoms with Crippen molar-refractivity contribution < 1.29 is 9.53 Å². The highest BCUT2D eigenvalue weighted by atomic mass is 16.5. The summed E-state index contributed by atoms with van der Waals surface area (Å²) in [6.45, 7) is 1.85. The van der Waals surface area contributed by atoms with Crippen LogP contribution in [0.2, 0.25) is 0 Å². The van der Waals surface area contributed by atoms with Crippen molar-refractivity contribution in [2.45, 2.75) is 13.5 Å². The van der Waals surface area contributed by atoms with Gasteiger partial charge >= 0.3 is 0 Å². The number of rotatable bonds is 4. The summed E-state index contributed by atoms with van der Waals surface area (Å²) in [6, 6.07) is 12.5. The smallest absolute Gasteiger partial charge is 0.159 e. The average Bonchev–Trinajstić information content (AvgIpc) is 2.45. The first-order valence-corrected chi connectivity index (χ1v) is 5.78. The molecule has 0 unspecified atom stereocenters. The van der Waals surface area contributed by atoms with Gasteiger partial charge in [-0.2, -0.15) is 5.26 Å². The molecule has 0 saturated carbocycles. The zero-order valence-electron chi connectivity index (χ0n) is 10.5. The number of hydrogen-bond donors (Lipinski definition) is 0. The van der Waals surface area contributed by atoms with E-state index < -0.39 is 0 Å². The molecule has 94 valence electrons. The molecule has 0 aliphatic carbocycles. The molecule has 0 fully saturated rings. The molecule has 0 spiro atoms. The molecule has 0 atom stereocenters. The Labute approximate surface area is 111 Å². The maximum atomic E-state index is 11.3. The Hall–Kier alpha value is -2.67. The van der Waals surface area contributed by atoms with Gasteiger partial charge in [0.2, 0.25) is 0 Å². The third kappa shape index (κ3) is 3.39. The summed E-state index contributed by atoms with van der Waals surface area (Å²) < 4.78 is 5.59. The van der Waals surface area contributed by atoms with E-state index in [0.717, 1.165) is 5.56 Å². The number of ether oxygens (including phenoxy) is 1. The van der Waals surface area contributed by atoms with Crippen molar-refractivity contribution in [3.63, 3.8) is 0 Å². The van der Waals surface area contributed by atoms with E-state index in [9.17, 15) is 4.79 Å². The summed E-state index contributed by atoms with van der Waals surface area (Å²) in [7, 11) is 0. The predicted octanol–water partition coefficient (Wildman–Crippen LogP) is 2.73. The second-order valence-electron chi connectivity index (χ2n) is 4.03. The fourth-order valence-electron chi connectivity index (χ4n) is 1.60. The third-order valence-corrected chi connectivity index (χ3v) is 2.58. The molecule has 0 aliphatic rings. The summed E-state index contributed by atoms with van der Waals surface area (Å²) in [4.78, 5) is 15.1. The van der Waals surface area contributed by atoms with E-state index in [1.54, 1.807) is 42.6 Å². The van der Waals surface area contributed by atoms with Crippen LogP contribution in [0.25, 0.3) is 0 Å². The van der Waals surface area contributed by atoms with E-state index in [1.807, 2.05) is 6.07 Å². The summed E-state index contributed by atoms with van der Waals surface area (Å²) >= 11 is 0. The molecule has 0 saturated heterocycles. The summed E-state index contributed by atoms with van der Waals surface area (Å²) in [5, 5.41) is 8.75. The molecule has 1 aromatic carbocycles. The molecule has 19 heavy (non-hydrogen) atoms. The molecule has 0 radical (unpaired) electrons. The van der Waals surface area contributed by atoms with Gasteiger partial charge in [-0.15, -0.1) is 0 Å². The van der Waals surface area contributed by atoms with Crippen LogP contribution in [0.4, 0.5) is 0 Å². The zero-order valence-corrected chi connectivity index (χ0v) is 10.5. The van der Waals surface area contributed by atoms with Gasteiger partial charge in [-0.05, 0) is 36.8 Å². The van der Waals surface area contributed by atoms with Crippen LogP contribution < -0.4 is 4.74 Å². The van der Waals surface area contributed by atoms with E-state index in [1.165, 1.54) is 6.92 Å². The second kappa shape index (κ2) is 5.78. The number of hydrogen-bond acceptors (Lipinski definition) is 4. The van der Waals surface area contributed by atoms with Crippen LogP contribution in [-0.2, 0) is 6.61 Å². The number of carbonyl (C=O) groups is 1. The molecule has 1 aromatic heterocycles. The Morgan fingerprint density at radius 2 is 2.21 bits per heavy atom. The highest BCUT2D eigenvalue weighted by molar-refractivity contribution is 5.94. The monoisotopic (exact) mass is 252 g/mol. The van der Waals surface area contributed by atoms with E-state index in [-0.39, 0.29) is 5.78 Å². The van der Waals surface area contributed by atoms with E-state index in [2.05, 4.69) is 4.98 Å². The first kappa shape index (κ1) is 12.8. The van der Waals surface area contributed by atoms with E-state index >= 15 is 0 Å². The van der Waals surface area contributed by atoms with Gasteiger partial charge in [0.15, 0.2) is 5.78 Å². The predicted molar refractivity (Wildman–Crippen MR) is 69.7 cm³/mol. The number of nitriles is 1. The van der Waals surface area contributed by atoms with Crippen molar-refractivity contribution in [1.82, 2.24) is 4.98 Å². The van der Waals surface area contributed by atoms with Gasteiger partial charge in [-0.3, -0.25) is 4.79 Å². The lowest BCUT2D eigenvalue weighted by Gasteiger charge is -2.07. The average molecular weight is 252 g/mol. The van der Waals surface area contributed by atoms with Gasteiger partial charge in [0.1, 0.15) is 24.1 Å². The molecule has 4 heteroatoms. The quantitative estimate of drug-likeness (QED) is 0.785.